The van der Waals surface area contributed by atoms with Crippen molar-refractivity contribution in [2.45, 2.75) is 18.2 Å². The molecule has 3 aromatic rings. The zero-order chi connectivity index (χ0) is 26.2. The SMILES string of the molecule is COC(=O)c1ccc(C(=O)OC)c(NC(=O)CSc2nnc(C(C)Oc3ccc(OC)cc3)n2C)c1. The first-order chi connectivity index (χ1) is 17.3. The summed E-state index contributed by atoms with van der Waals surface area (Å²) in [6.07, 6.45) is -0.400. The first-order valence-corrected chi connectivity index (χ1v) is 11.7. The molecule has 0 saturated carbocycles. The molecular formula is C24H26N4O7S. The number of anilines is 1. The lowest BCUT2D eigenvalue weighted by atomic mass is 10.1. The van der Waals surface area contributed by atoms with Crippen molar-refractivity contribution in [3.05, 3.63) is 59.4 Å². The molecule has 0 aliphatic rings. The molecule has 0 radical (unpaired) electrons. The summed E-state index contributed by atoms with van der Waals surface area (Å²) in [6, 6.07) is 11.3. The van der Waals surface area contributed by atoms with E-state index in [0.717, 1.165) is 17.5 Å². The van der Waals surface area contributed by atoms with Gasteiger partial charge in [-0.15, -0.1) is 10.2 Å². The highest BCUT2D eigenvalue weighted by Gasteiger charge is 2.20. The van der Waals surface area contributed by atoms with Gasteiger partial charge in [0.1, 0.15) is 11.5 Å². The van der Waals surface area contributed by atoms with Crippen LogP contribution >= 0.6 is 11.8 Å². The predicted octanol–water partition coefficient (Wildman–Crippen LogP) is 3.27. The van der Waals surface area contributed by atoms with Crippen LogP contribution in [0.5, 0.6) is 11.5 Å². The first-order valence-electron chi connectivity index (χ1n) is 10.7. The molecule has 3 rings (SSSR count). The fourth-order valence-electron chi connectivity index (χ4n) is 3.21. The topological polar surface area (TPSA) is 131 Å². The molecule has 1 heterocycles. The minimum atomic E-state index is -0.654. The molecule has 1 amide bonds. The maximum Gasteiger partial charge on any atom is 0.339 e. The van der Waals surface area contributed by atoms with Crippen LogP contribution in [0.1, 0.15) is 39.6 Å². The van der Waals surface area contributed by atoms with Crippen LogP contribution in [-0.2, 0) is 21.3 Å². The van der Waals surface area contributed by atoms with E-state index in [2.05, 4.69) is 15.5 Å². The minimum Gasteiger partial charge on any atom is -0.497 e. The Balaban J connectivity index is 1.66. The van der Waals surface area contributed by atoms with Gasteiger partial charge in [0.15, 0.2) is 17.1 Å². The van der Waals surface area contributed by atoms with Crippen molar-refractivity contribution in [3.63, 3.8) is 0 Å². The third-order valence-electron chi connectivity index (χ3n) is 5.06. The third kappa shape index (κ3) is 6.33. The number of thioether (sulfide) groups is 1. The van der Waals surface area contributed by atoms with E-state index in [1.165, 1.54) is 32.4 Å². The Kier molecular flexibility index (Phi) is 8.90. The molecule has 12 heteroatoms. The quantitative estimate of drug-likeness (QED) is 0.318. The Morgan fingerprint density at radius 1 is 0.972 bits per heavy atom. The molecule has 2 aromatic carbocycles. The lowest BCUT2D eigenvalue weighted by Crippen LogP contribution is -2.18. The zero-order valence-corrected chi connectivity index (χ0v) is 21.3. The Labute approximate surface area is 212 Å². The summed E-state index contributed by atoms with van der Waals surface area (Å²) in [7, 11) is 5.83. The molecular weight excluding hydrogens is 488 g/mol. The molecule has 0 bridgehead atoms. The number of nitrogens with zero attached hydrogens (tertiary/aromatic N) is 3. The van der Waals surface area contributed by atoms with Gasteiger partial charge in [-0.2, -0.15) is 0 Å². The minimum absolute atomic E-state index is 0.0250. The molecule has 0 aliphatic heterocycles. The molecule has 190 valence electrons. The summed E-state index contributed by atoms with van der Waals surface area (Å²) in [5, 5.41) is 11.5. The number of hydrogen-bond acceptors (Lipinski definition) is 10. The number of carbonyl (C=O) groups excluding carboxylic acids is 3. The summed E-state index contributed by atoms with van der Waals surface area (Å²) in [5.74, 6) is 0.249. The molecule has 1 unspecified atom stereocenters. The molecule has 1 aromatic heterocycles. The largest absolute Gasteiger partial charge is 0.497 e. The normalized spacial score (nSPS) is 11.4. The molecule has 0 aliphatic carbocycles. The Morgan fingerprint density at radius 2 is 1.64 bits per heavy atom. The van der Waals surface area contributed by atoms with Crippen LogP contribution in [0.15, 0.2) is 47.6 Å². The molecule has 1 atom stereocenters. The summed E-state index contributed by atoms with van der Waals surface area (Å²) >= 11 is 1.16. The highest BCUT2D eigenvalue weighted by atomic mass is 32.2. The van der Waals surface area contributed by atoms with Crippen LogP contribution in [0.25, 0.3) is 0 Å². The smallest absolute Gasteiger partial charge is 0.339 e. The molecule has 11 nitrogen and oxygen atoms in total. The van der Waals surface area contributed by atoms with Crippen molar-refractivity contribution in [1.29, 1.82) is 0 Å². The van der Waals surface area contributed by atoms with E-state index in [1.54, 1.807) is 43.0 Å². The summed E-state index contributed by atoms with van der Waals surface area (Å²) in [5.41, 5.74) is 0.418. The van der Waals surface area contributed by atoms with Crippen LogP contribution in [0.4, 0.5) is 5.69 Å². The van der Waals surface area contributed by atoms with E-state index in [4.69, 9.17) is 18.9 Å². The van der Waals surface area contributed by atoms with E-state index in [0.29, 0.717) is 16.7 Å². The van der Waals surface area contributed by atoms with Gasteiger partial charge in [0.25, 0.3) is 0 Å². The van der Waals surface area contributed by atoms with E-state index in [1.807, 2.05) is 6.92 Å². The maximum atomic E-state index is 12.7. The van der Waals surface area contributed by atoms with Crippen molar-refractivity contribution in [1.82, 2.24) is 14.8 Å². The van der Waals surface area contributed by atoms with Crippen LogP contribution in [-0.4, -0.2) is 59.7 Å². The standard InChI is InChI=1S/C24H26N4O7S/c1-14(35-17-9-7-16(32-3)8-10-17)21-26-27-24(28(21)2)36-13-20(29)25-19-12-15(22(30)33-4)6-11-18(19)23(31)34-5/h6-12,14H,13H2,1-5H3,(H,25,29). The van der Waals surface area contributed by atoms with Crippen molar-refractivity contribution >= 4 is 35.3 Å². The average molecular weight is 515 g/mol. The number of carbonyl (C=O) groups is 3. The number of nitrogens with one attached hydrogen (secondary N) is 1. The number of benzene rings is 2. The van der Waals surface area contributed by atoms with E-state index < -0.39 is 23.9 Å². The van der Waals surface area contributed by atoms with Gasteiger partial charge < -0.3 is 28.8 Å². The second-order valence-electron chi connectivity index (χ2n) is 7.42. The fourth-order valence-corrected chi connectivity index (χ4v) is 3.93. The Bertz CT molecular complexity index is 1240. The summed E-state index contributed by atoms with van der Waals surface area (Å²) in [6.45, 7) is 1.85. The molecule has 1 N–H and O–H groups in total. The average Bonchev–Trinajstić information content (AvgIpc) is 3.27. The second kappa shape index (κ2) is 12.1. The molecule has 0 fully saturated rings. The van der Waals surface area contributed by atoms with Crippen LogP contribution in [0, 0.1) is 0 Å². The van der Waals surface area contributed by atoms with Gasteiger partial charge in [0, 0.05) is 7.05 Å². The highest BCUT2D eigenvalue weighted by Crippen LogP contribution is 2.26. The van der Waals surface area contributed by atoms with Gasteiger partial charge in [0.05, 0.1) is 43.9 Å². The Hall–Kier alpha value is -4.06. The molecule has 0 saturated heterocycles. The number of methoxy groups -OCH3 is 3. The second-order valence-corrected chi connectivity index (χ2v) is 8.36. The summed E-state index contributed by atoms with van der Waals surface area (Å²) < 4.78 is 22.3. The maximum absolute atomic E-state index is 12.7. The number of ether oxygens (including phenoxy) is 4. The van der Waals surface area contributed by atoms with E-state index in [-0.39, 0.29) is 22.6 Å². The summed E-state index contributed by atoms with van der Waals surface area (Å²) in [4.78, 5) is 36.6. The van der Waals surface area contributed by atoms with Crippen molar-refractivity contribution in [2.75, 3.05) is 32.4 Å². The lowest BCUT2D eigenvalue weighted by molar-refractivity contribution is -0.113. The van der Waals surface area contributed by atoms with Crippen LogP contribution < -0.4 is 14.8 Å². The van der Waals surface area contributed by atoms with Crippen molar-refractivity contribution in [2.24, 2.45) is 7.05 Å². The van der Waals surface area contributed by atoms with Crippen molar-refractivity contribution < 1.29 is 33.3 Å². The van der Waals surface area contributed by atoms with Crippen molar-refractivity contribution in [3.8, 4) is 11.5 Å². The predicted molar refractivity (Wildman–Crippen MR) is 132 cm³/mol. The van der Waals surface area contributed by atoms with Gasteiger partial charge in [0.2, 0.25) is 5.91 Å². The number of hydrogen-bond donors (Lipinski definition) is 1. The number of esters is 2. The van der Waals surface area contributed by atoms with Gasteiger partial charge in [-0.1, -0.05) is 11.8 Å². The number of amides is 1. The van der Waals surface area contributed by atoms with Crippen LogP contribution in [0.2, 0.25) is 0 Å². The highest BCUT2D eigenvalue weighted by molar-refractivity contribution is 7.99. The van der Waals surface area contributed by atoms with Gasteiger partial charge in [-0.3, -0.25) is 4.79 Å². The third-order valence-corrected chi connectivity index (χ3v) is 6.08. The Morgan fingerprint density at radius 3 is 2.28 bits per heavy atom. The molecule has 36 heavy (non-hydrogen) atoms. The van der Waals surface area contributed by atoms with Crippen LogP contribution in [0.3, 0.4) is 0 Å². The van der Waals surface area contributed by atoms with E-state index in [9.17, 15) is 14.4 Å². The first kappa shape index (κ1) is 26.5. The zero-order valence-electron chi connectivity index (χ0n) is 20.4. The number of aromatic nitrogens is 3. The van der Waals surface area contributed by atoms with E-state index >= 15 is 0 Å². The monoisotopic (exact) mass is 514 g/mol. The number of rotatable bonds is 10. The van der Waals surface area contributed by atoms with Gasteiger partial charge >= 0.3 is 11.9 Å². The lowest BCUT2D eigenvalue weighted by Gasteiger charge is -2.14. The molecule has 0 spiro atoms. The van der Waals surface area contributed by atoms with Gasteiger partial charge in [-0.25, -0.2) is 9.59 Å². The fraction of sp³-hybridized carbons (Fsp3) is 0.292. The van der Waals surface area contributed by atoms with Gasteiger partial charge in [-0.05, 0) is 49.4 Å².